The summed E-state index contributed by atoms with van der Waals surface area (Å²) in [5, 5.41) is 0.503. The predicted molar refractivity (Wildman–Crippen MR) is 34.0 cm³/mol. The molecular formula is C6H3ClNO. The van der Waals surface area contributed by atoms with Crippen LogP contribution < -0.4 is 0 Å². The monoisotopic (exact) mass is 140 g/mol. The molecule has 1 rings (SSSR count). The first kappa shape index (κ1) is 6.23. The Labute approximate surface area is 57.5 Å². The van der Waals surface area contributed by atoms with E-state index in [0.29, 0.717) is 5.02 Å². The Balaban J connectivity index is 3.07. The Hall–Kier alpha value is -0.890. The van der Waals surface area contributed by atoms with E-state index in [0.717, 1.165) is 0 Å². The zero-order valence-corrected chi connectivity index (χ0v) is 5.22. The summed E-state index contributed by atoms with van der Waals surface area (Å²) >= 11 is 5.50. The molecule has 2 nitrogen and oxygen atoms in total. The number of halogens is 1. The quantitative estimate of drug-likeness (QED) is 0.587. The van der Waals surface area contributed by atoms with Crippen LogP contribution in [0.25, 0.3) is 0 Å². The van der Waals surface area contributed by atoms with Gasteiger partial charge in [0.25, 0.3) is 6.29 Å². The number of hydrogen-bond donors (Lipinski definition) is 0. The van der Waals surface area contributed by atoms with E-state index in [-0.39, 0.29) is 5.69 Å². The average Bonchev–Trinajstić information content (AvgIpc) is 1.88. The fourth-order valence-electron chi connectivity index (χ4n) is 0.461. The fraction of sp³-hybridized carbons (Fsp3) is 0. The smallest absolute Gasteiger partial charge is 0.253 e. The van der Waals surface area contributed by atoms with Crippen LogP contribution in [0.5, 0.6) is 0 Å². The number of carbonyl (C=O) groups excluding carboxylic acids is 1. The number of aromatic nitrogens is 1. The van der Waals surface area contributed by atoms with Gasteiger partial charge in [-0.15, -0.1) is 0 Å². The molecule has 45 valence electrons. The van der Waals surface area contributed by atoms with Gasteiger partial charge in [0, 0.05) is 11.2 Å². The van der Waals surface area contributed by atoms with Crippen molar-refractivity contribution in [3.63, 3.8) is 0 Å². The van der Waals surface area contributed by atoms with Crippen molar-refractivity contribution in [1.82, 2.24) is 4.98 Å². The minimum atomic E-state index is 0.238. The molecule has 0 aromatic carbocycles. The van der Waals surface area contributed by atoms with Crippen molar-refractivity contribution in [3.05, 3.63) is 29.0 Å². The van der Waals surface area contributed by atoms with E-state index >= 15 is 0 Å². The van der Waals surface area contributed by atoms with Gasteiger partial charge in [0.15, 0.2) is 0 Å². The topological polar surface area (TPSA) is 30.0 Å². The lowest BCUT2D eigenvalue weighted by atomic mass is 10.4. The third-order valence-corrected chi connectivity index (χ3v) is 1.06. The van der Waals surface area contributed by atoms with Gasteiger partial charge in [-0.25, -0.2) is 0 Å². The maximum Gasteiger partial charge on any atom is 0.253 e. The van der Waals surface area contributed by atoms with Crippen molar-refractivity contribution >= 4 is 17.9 Å². The summed E-state index contributed by atoms with van der Waals surface area (Å²) in [5.41, 5.74) is 0.238. The highest BCUT2D eigenvalue weighted by molar-refractivity contribution is 6.30. The fourth-order valence-corrected chi connectivity index (χ4v) is 0.620. The Bertz CT molecular complexity index is 224. The maximum atomic E-state index is 9.91. The highest BCUT2D eigenvalue weighted by Gasteiger charge is 1.90. The molecule has 0 fully saturated rings. The van der Waals surface area contributed by atoms with E-state index in [1.54, 1.807) is 12.4 Å². The zero-order valence-electron chi connectivity index (χ0n) is 4.47. The van der Waals surface area contributed by atoms with Gasteiger partial charge in [0.05, 0.1) is 0 Å². The van der Waals surface area contributed by atoms with Crippen LogP contribution in [0.2, 0.25) is 5.02 Å². The Morgan fingerprint density at radius 3 is 2.89 bits per heavy atom. The summed E-state index contributed by atoms with van der Waals surface area (Å²) in [7, 11) is 0. The lowest BCUT2D eigenvalue weighted by Crippen LogP contribution is -1.83. The van der Waals surface area contributed by atoms with Crippen molar-refractivity contribution in [2.24, 2.45) is 0 Å². The number of hydrogen-bond acceptors (Lipinski definition) is 2. The van der Waals surface area contributed by atoms with Crippen LogP contribution in [0.15, 0.2) is 18.3 Å². The molecule has 0 bridgehead atoms. The minimum absolute atomic E-state index is 0.238. The molecule has 0 saturated carbocycles. The van der Waals surface area contributed by atoms with Crippen LogP contribution in [-0.4, -0.2) is 11.3 Å². The van der Waals surface area contributed by atoms with Crippen LogP contribution >= 0.6 is 11.6 Å². The molecule has 0 atom stereocenters. The van der Waals surface area contributed by atoms with E-state index < -0.39 is 0 Å². The largest absolute Gasteiger partial charge is 0.283 e. The first-order valence-corrected chi connectivity index (χ1v) is 2.70. The van der Waals surface area contributed by atoms with Gasteiger partial charge in [0.2, 0.25) is 0 Å². The summed E-state index contributed by atoms with van der Waals surface area (Å²) in [4.78, 5) is 13.6. The standard InChI is InChI=1S/C6H3ClNO/c7-5-1-2-8-6(3-5)4-9/h1-3H. The third-order valence-electron chi connectivity index (χ3n) is 0.827. The second-order valence-electron chi connectivity index (χ2n) is 1.46. The van der Waals surface area contributed by atoms with Crippen molar-refractivity contribution < 1.29 is 4.79 Å². The third kappa shape index (κ3) is 1.50. The Morgan fingerprint density at radius 2 is 2.44 bits per heavy atom. The van der Waals surface area contributed by atoms with Crippen molar-refractivity contribution in [1.29, 1.82) is 0 Å². The summed E-state index contributed by atoms with van der Waals surface area (Å²) in [6.07, 6.45) is 3.08. The summed E-state index contributed by atoms with van der Waals surface area (Å²) in [5.74, 6) is 0. The molecule has 0 spiro atoms. The lowest BCUT2D eigenvalue weighted by molar-refractivity contribution is 0.561. The van der Waals surface area contributed by atoms with Gasteiger partial charge < -0.3 is 0 Å². The minimum Gasteiger partial charge on any atom is -0.283 e. The molecule has 0 unspecified atom stereocenters. The number of nitrogens with zero attached hydrogens (tertiary/aromatic N) is 1. The van der Waals surface area contributed by atoms with E-state index in [1.807, 2.05) is 0 Å². The van der Waals surface area contributed by atoms with Gasteiger partial charge in [0.1, 0.15) is 5.69 Å². The van der Waals surface area contributed by atoms with Crippen LogP contribution in [0.3, 0.4) is 0 Å². The second-order valence-corrected chi connectivity index (χ2v) is 1.90. The summed E-state index contributed by atoms with van der Waals surface area (Å²) in [6, 6.07) is 3.05. The van der Waals surface area contributed by atoms with Gasteiger partial charge in [-0.2, -0.15) is 0 Å². The maximum absolute atomic E-state index is 9.91. The van der Waals surface area contributed by atoms with E-state index in [2.05, 4.69) is 4.98 Å². The summed E-state index contributed by atoms with van der Waals surface area (Å²) in [6.45, 7) is 0. The summed E-state index contributed by atoms with van der Waals surface area (Å²) < 4.78 is 0. The SMILES string of the molecule is O=[C]c1cc(Cl)ccn1. The molecule has 9 heavy (non-hydrogen) atoms. The van der Waals surface area contributed by atoms with Crippen LogP contribution in [-0.2, 0) is 4.79 Å². The molecule has 0 saturated heterocycles. The molecule has 0 aliphatic carbocycles. The molecule has 1 radical (unpaired) electrons. The molecule has 0 aliphatic rings. The Kier molecular flexibility index (Phi) is 1.80. The van der Waals surface area contributed by atoms with Crippen molar-refractivity contribution in [2.45, 2.75) is 0 Å². The first-order valence-electron chi connectivity index (χ1n) is 2.32. The molecular weight excluding hydrogens is 138 g/mol. The predicted octanol–water partition coefficient (Wildman–Crippen LogP) is 1.19. The molecule has 1 aromatic rings. The van der Waals surface area contributed by atoms with Gasteiger partial charge >= 0.3 is 0 Å². The van der Waals surface area contributed by atoms with Gasteiger partial charge in [-0.05, 0) is 12.1 Å². The number of rotatable bonds is 1. The van der Waals surface area contributed by atoms with E-state index in [1.165, 1.54) is 12.3 Å². The molecule has 0 amide bonds. The highest BCUT2D eigenvalue weighted by atomic mass is 35.5. The number of pyridine rings is 1. The highest BCUT2D eigenvalue weighted by Crippen LogP contribution is 2.05. The van der Waals surface area contributed by atoms with E-state index in [9.17, 15) is 4.79 Å². The van der Waals surface area contributed by atoms with Crippen molar-refractivity contribution in [3.8, 4) is 0 Å². The molecule has 1 aromatic heterocycles. The van der Waals surface area contributed by atoms with Crippen LogP contribution in [0, 0.1) is 0 Å². The molecule has 0 aliphatic heterocycles. The van der Waals surface area contributed by atoms with Crippen LogP contribution in [0.1, 0.15) is 5.69 Å². The Morgan fingerprint density at radius 1 is 1.67 bits per heavy atom. The average molecular weight is 141 g/mol. The van der Waals surface area contributed by atoms with Gasteiger partial charge in [-0.3, -0.25) is 9.78 Å². The normalized spacial score (nSPS) is 9.00. The molecule has 0 N–H and O–H groups in total. The van der Waals surface area contributed by atoms with Crippen LogP contribution in [0.4, 0.5) is 0 Å². The van der Waals surface area contributed by atoms with Crippen molar-refractivity contribution in [2.75, 3.05) is 0 Å². The lowest BCUT2D eigenvalue weighted by Gasteiger charge is -1.86. The van der Waals surface area contributed by atoms with E-state index in [4.69, 9.17) is 11.6 Å². The first-order chi connectivity index (χ1) is 4.33. The molecule has 1 heterocycles. The van der Waals surface area contributed by atoms with Gasteiger partial charge in [-0.1, -0.05) is 11.6 Å². The second kappa shape index (κ2) is 2.60. The molecule has 3 heteroatoms. The zero-order chi connectivity index (χ0) is 6.69.